The van der Waals surface area contributed by atoms with E-state index in [1.54, 1.807) is 13.8 Å². The third-order valence-electron chi connectivity index (χ3n) is 1.33. The third-order valence-corrected chi connectivity index (χ3v) is 1.33. The number of ether oxygens (including phenoxy) is 2. The molecule has 0 aliphatic rings. The average Bonchev–Trinajstić information content (AvgIpc) is 2.15. The largest absolute Gasteiger partial charge is 0.515 e. The number of hydrogen-bond acceptors (Lipinski definition) is 5. The van der Waals surface area contributed by atoms with E-state index in [1.165, 1.54) is 0 Å². The minimum atomic E-state index is -0.706. The standard InChI is InChI=1S/C9H14O5/c1-3-13-8(11)5-7(6-10)9(12)14-4-2/h6,10H,3-5H2,1-2H3/b7-6-. The van der Waals surface area contributed by atoms with Crippen LogP contribution in [0.3, 0.4) is 0 Å². The zero-order valence-corrected chi connectivity index (χ0v) is 8.28. The van der Waals surface area contributed by atoms with Crippen LogP contribution in [0.5, 0.6) is 0 Å². The third kappa shape index (κ3) is 4.49. The Hall–Kier alpha value is -1.52. The van der Waals surface area contributed by atoms with Crippen molar-refractivity contribution < 1.29 is 24.2 Å². The molecule has 0 aromatic rings. The molecule has 0 bridgehead atoms. The molecular weight excluding hydrogens is 188 g/mol. The molecule has 0 rings (SSSR count). The van der Waals surface area contributed by atoms with E-state index in [9.17, 15) is 9.59 Å². The van der Waals surface area contributed by atoms with Crippen molar-refractivity contribution in [3.63, 3.8) is 0 Å². The highest BCUT2D eigenvalue weighted by atomic mass is 16.5. The number of aliphatic hydroxyl groups excluding tert-OH is 1. The van der Waals surface area contributed by atoms with Crippen molar-refractivity contribution in [2.24, 2.45) is 0 Å². The molecule has 0 atom stereocenters. The van der Waals surface area contributed by atoms with Crippen molar-refractivity contribution in [2.45, 2.75) is 20.3 Å². The van der Waals surface area contributed by atoms with Gasteiger partial charge in [0, 0.05) is 0 Å². The number of esters is 2. The van der Waals surface area contributed by atoms with Crippen LogP contribution in [0.1, 0.15) is 20.3 Å². The Balaban J connectivity index is 4.17. The predicted octanol–water partition coefficient (Wildman–Crippen LogP) is 0.945. The second-order valence-electron chi connectivity index (χ2n) is 2.36. The zero-order chi connectivity index (χ0) is 11.0. The Morgan fingerprint density at radius 3 is 2.21 bits per heavy atom. The molecule has 0 aromatic heterocycles. The van der Waals surface area contributed by atoms with E-state index in [4.69, 9.17) is 5.11 Å². The fourth-order valence-corrected chi connectivity index (χ4v) is 0.762. The van der Waals surface area contributed by atoms with Crippen molar-refractivity contribution in [1.29, 1.82) is 0 Å². The van der Waals surface area contributed by atoms with E-state index >= 15 is 0 Å². The van der Waals surface area contributed by atoms with E-state index < -0.39 is 11.9 Å². The Morgan fingerprint density at radius 2 is 1.79 bits per heavy atom. The van der Waals surface area contributed by atoms with Crippen LogP contribution in [0.25, 0.3) is 0 Å². The summed E-state index contributed by atoms with van der Waals surface area (Å²) in [5.74, 6) is -1.27. The maximum absolute atomic E-state index is 11.1. The molecule has 0 aromatic carbocycles. The first-order chi connectivity index (χ1) is 6.65. The fourth-order valence-electron chi connectivity index (χ4n) is 0.762. The lowest BCUT2D eigenvalue weighted by Crippen LogP contribution is -2.13. The highest BCUT2D eigenvalue weighted by Gasteiger charge is 2.15. The van der Waals surface area contributed by atoms with Gasteiger partial charge in [0.15, 0.2) is 0 Å². The van der Waals surface area contributed by atoms with Gasteiger partial charge < -0.3 is 14.6 Å². The van der Waals surface area contributed by atoms with Crippen molar-refractivity contribution in [3.8, 4) is 0 Å². The number of rotatable bonds is 5. The molecular formula is C9H14O5. The second-order valence-corrected chi connectivity index (χ2v) is 2.36. The minimum Gasteiger partial charge on any atom is -0.515 e. The van der Waals surface area contributed by atoms with Crippen LogP contribution in [0, 0.1) is 0 Å². The molecule has 0 unspecified atom stereocenters. The molecule has 0 heterocycles. The summed E-state index contributed by atoms with van der Waals surface area (Å²) in [5, 5.41) is 8.67. The lowest BCUT2D eigenvalue weighted by Gasteiger charge is -2.04. The van der Waals surface area contributed by atoms with Gasteiger partial charge in [-0.15, -0.1) is 0 Å². The van der Waals surface area contributed by atoms with Crippen LogP contribution in [0.4, 0.5) is 0 Å². The first-order valence-corrected chi connectivity index (χ1v) is 4.31. The Morgan fingerprint density at radius 1 is 1.21 bits per heavy atom. The summed E-state index contributed by atoms with van der Waals surface area (Å²) in [7, 11) is 0. The Labute approximate surface area is 82.3 Å². The predicted molar refractivity (Wildman–Crippen MR) is 48.6 cm³/mol. The molecule has 80 valence electrons. The van der Waals surface area contributed by atoms with Crippen LogP contribution in [-0.2, 0) is 19.1 Å². The summed E-state index contributed by atoms with van der Waals surface area (Å²) >= 11 is 0. The topological polar surface area (TPSA) is 72.8 Å². The van der Waals surface area contributed by atoms with Gasteiger partial charge in [-0.3, -0.25) is 4.79 Å². The van der Waals surface area contributed by atoms with Crippen LogP contribution >= 0.6 is 0 Å². The van der Waals surface area contributed by atoms with Gasteiger partial charge in [-0.2, -0.15) is 0 Å². The minimum absolute atomic E-state index is 0.106. The van der Waals surface area contributed by atoms with E-state index in [1.807, 2.05) is 0 Å². The maximum atomic E-state index is 11.1. The summed E-state index contributed by atoms with van der Waals surface area (Å²) in [5.41, 5.74) is -0.106. The van der Waals surface area contributed by atoms with Gasteiger partial charge in [-0.1, -0.05) is 0 Å². The Bertz CT molecular complexity index is 231. The molecule has 1 N–H and O–H groups in total. The summed E-state index contributed by atoms with van der Waals surface area (Å²) in [6, 6.07) is 0. The van der Waals surface area contributed by atoms with Gasteiger partial charge in [0.05, 0.1) is 31.5 Å². The number of carbonyl (C=O) groups is 2. The van der Waals surface area contributed by atoms with Gasteiger partial charge in [0.2, 0.25) is 0 Å². The highest BCUT2D eigenvalue weighted by molar-refractivity contribution is 5.93. The summed E-state index contributed by atoms with van der Waals surface area (Å²) in [6.45, 7) is 3.72. The molecule has 0 amide bonds. The SMILES string of the molecule is CCOC(=O)C/C(=C/O)C(=O)OCC. The lowest BCUT2D eigenvalue weighted by atomic mass is 10.2. The highest BCUT2D eigenvalue weighted by Crippen LogP contribution is 2.04. The molecule has 14 heavy (non-hydrogen) atoms. The first-order valence-electron chi connectivity index (χ1n) is 4.31. The van der Waals surface area contributed by atoms with Gasteiger partial charge in [0.25, 0.3) is 0 Å². The summed E-state index contributed by atoms with van der Waals surface area (Å²) in [6.07, 6.45) is 0.290. The molecule has 0 saturated carbocycles. The molecule has 0 aliphatic carbocycles. The van der Waals surface area contributed by atoms with Crippen LogP contribution in [-0.4, -0.2) is 30.3 Å². The second kappa shape index (κ2) is 6.94. The van der Waals surface area contributed by atoms with Crippen molar-refractivity contribution >= 4 is 11.9 Å². The molecule has 0 fully saturated rings. The quantitative estimate of drug-likeness (QED) is 0.408. The number of carbonyl (C=O) groups excluding carboxylic acids is 2. The van der Waals surface area contributed by atoms with Gasteiger partial charge >= 0.3 is 11.9 Å². The maximum Gasteiger partial charge on any atom is 0.337 e. The normalized spacial score (nSPS) is 10.9. The van der Waals surface area contributed by atoms with E-state index in [-0.39, 0.29) is 25.2 Å². The van der Waals surface area contributed by atoms with E-state index in [0.29, 0.717) is 6.26 Å². The smallest absolute Gasteiger partial charge is 0.337 e. The molecule has 0 radical (unpaired) electrons. The van der Waals surface area contributed by atoms with Gasteiger partial charge in [0.1, 0.15) is 0 Å². The van der Waals surface area contributed by atoms with E-state index in [2.05, 4.69) is 9.47 Å². The molecule has 0 aliphatic heterocycles. The summed E-state index contributed by atoms with van der Waals surface area (Å²) < 4.78 is 9.20. The molecule has 0 saturated heterocycles. The molecule has 0 spiro atoms. The van der Waals surface area contributed by atoms with Gasteiger partial charge in [-0.25, -0.2) is 4.79 Å². The van der Waals surface area contributed by atoms with E-state index in [0.717, 1.165) is 0 Å². The van der Waals surface area contributed by atoms with Crippen LogP contribution in [0.15, 0.2) is 11.8 Å². The average molecular weight is 202 g/mol. The monoisotopic (exact) mass is 202 g/mol. The van der Waals surface area contributed by atoms with Gasteiger partial charge in [-0.05, 0) is 13.8 Å². The number of aliphatic hydroxyl groups is 1. The van der Waals surface area contributed by atoms with Crippen LogP contribution in [0.2, 0.25) is 0 Å². The zero-order valence-electron chi connectivity index (χ0n) is 8.28. The van der Waals surface area contributed by atoms with Crippen molar-refractivity contribution in [2.75, 3.05) is 13.2 Å². The first kappa shape index (κ1) is 12.5. The lowest BCUT2D eigenvalue weighted by molar-refractivity contribution is -0.145. The Kier molecular flexibility index (Phi) is 6.19. The number of hydrogen-bond donors (Lipinski definition) is 1. The molecule has 5 nitrogen and oxygen atoms in total. The van der Waals surface area contributed by atoms with Crippen molar-refractivity contribution in [1.82, 2.24) is 0 Å². The fraction of sp³-hybridized carbons (Fsp3) is 0.556. The summed E-state index contributed by atoms with van der Waals surface area (Å²) in [4.78, 5) is 22.0. The van der Waals surface area contributed by atoms with Crippen LogP contribution < -0.4 is 0 Å². The molecule has 5 heteroatoms. The van der Waals surface area contributed by atoms with Crippen molar-refractivity contribution in [3.05, 3.63) is 11.8 Å².